The Labute approximate surface area is 333 Å². The molecule has 2 aliphatic carbocycles. The summed E-state index contributed by atoms with van der Waals surface area (Å²) in [6.07, 6.45) is 13.8. The molecular weight excluding hydrogens is 695 g/mol. The minimum absolute atomic E-state index is 1.12. The lowest BCUT2D eigenvalue weighted by Gasteiger charge is -2.26. The van der Waals surface area contributed by atoms with Gasteiger partial charge in [-0.2, -0.15) is 0 Å². The van der Waals surface area contributed by atoms with Crippen molar-refractivity contribution < 1.29 is 0 Å². The first-order valence-electron chi connectivity index (χ1n) is 19.7. The molecule has 0 saturated carbocycles. The second kappa shape index (κ2) is 15.0. The fraction of sp³-hybridized carbons (Fsp3) is 0.0741. The summed E-state index contributed by atoms with van der Waals surface area (Å²) in [5.41, 5.74) is 17.7. The zero-order valence-corrected chi connectivity index (χ0v) is 32.1. The Morgan fingerprint density at radius 3 is 1.45 bits per heavy atom. The van der Waals surface area contributed by atoms with Crippen molar-refractivity contribution in [2.24, 2.45) is 0 Å². The Kier molecular flexibility index (Phi) is 9.11. The van der Waals surface area contributed by atoms with Gasteiger partial charge in [-0.15, -0.1) is 11.3 Å². The quantitative estimate of drug-likeness (QED) is 0.150. The molecule has 1 aromatic heterocycles. The van der Waals surface area contributed by atoms with Gasteiger partial charge in [0.05, 0.1) is 0 Å². The van der Waals surface area contributed by atoms with Crippen LogP contribution in [0.3, 0.4) is 0 Å². The molecule has 1 nitrogen and oxygen atoms in total. The Morgan fingerprint density at radius 1 is 0.429 bits per heavy atom. The molecule has 2 aliphatic rings. The number of allylic oxidation sites excluding steroid dienone is 6. The normalized spacial score (nSPS) is 13.6. The van der Waals surface area contributed by atoms with Crippen LogP contribution in [0.5, 0.6) is 0 Å². The minimum Gasteiger partial charge on any atom is -0.311 e. The van der Waals surface area contributed by atoms with Crippen molar-refractivity contribution >= 4 is 44.1 Å². The van der Waals surface area contributed by atoms with E-state index in [0.29, 0.717) is 0 Å². The van der Waals surface area contributed by atoms with E-state index < -0.39 is 0 Å². The lowest BCUT2D eigenvalue weighted by atomic mass is 9.88. The maximum atomic E-state index is 2.48. The number of hydrogen-bond donors (Lipinski definition) is 0. The van der Waals surface area contributed by atoms with E-state index in [4.69, 9.17) is 0 Å². The van der Waals surface area contributed by atoms with Crippen molar-refractivity contribution in [2.45, 2.75) is 25.7 Å². The number of benzene rings is 7. The molecule has 0 fully saturated rings. The highest BCUT2D eigenvalue weighted by molar-refractivity contribution is 7.21. The highest BCUT2D eigenvalue weighted by atomic mass is 32.1. The third-order valence-corrected chi connectivity index (χ3v) is 12.6. The van der Waals surface area contributed by atoms with Gasteiger partial charge < -0.3 is 4.90 Å². The summed E-state index contributed by atoms with van der Waals surface area (Å²) in [6, 6.07) is 64.0. The first-order valence-corrected chi connectivity index (χ1v) is 20.5. The van der Waals surface area contributed by atoms with E-state index in [2.05, 4.69) is 205 Å². The van der Waals surface area contributed by atoms with Crippen molar-refractivity contribution in [3.05, 3.63) is 216 Å². The number of hydrogen-bond acceptors (Lipinski definition) is 2. The van der Waals surface area contributed by atoms with Crippen LogP contribution in [0.4, 0.5) is 17.1 Å². The monoisotopic (exact) mass is 735 g/mol. The zero-order chi connectivity index (χ0) is 37.3. The van der Waals surface area contributed by atoms with Gasteiger partial charge in [-0.1, -0.05) is 164 Å². The molecule has 0 N–H and O–H groups in total. The van der Waals surface area contributed by atoms with Crippen LogP contribution in [0.2, 0.25) is 0 Å². The molecule has 0 saturated heterocycles. The Bertz CT molecular complexity index is 2650. The highest BCUT2D eigenvalue weighted by Gasteiger charge is 2.23. The molecule has 0 spiro atoms. The van der Waals surface area contributed by atoms with Crippen LogP contribution < -0.4 is 4.90 Å². The molecule has 7 aromatic carbocycles. The molecule has 10 rings (SSSR count). The second-order valence-electron chi connectivity index (χ2n) is 14.7. The van der Waals surface area contributed by atoms with Crippen molar-refractivity contribution in [3.8, 4) is 44.5 Å². The molecule has 268 valence electrons. The maximum absolute atomic E-state index is 2.48. The van der Waals surface area contributed by atoms with Gasteiger partial charge in [0.15, 0.2) is 0 Å². The molecule has 0 aliphatic heterocycles. The Balaban J connectivity index is 0.953. The van der Waals surface area contributed by atoms with E-state index in [1.54, 1.807) is 0 Å². The fourth-order valence-electron chi connectivity index (χ4n) is 8.38. The van der Waals surface area contributed by atoms with Crippen LogP contribution in [0.15, 0.2) is 206 Å². The van der Waals surface area contributed by atoms with Crippen molar-refractivity contribution in [1.29, 1.82) is 0 Å². The first-order chi connectivity index (χ1) is 27.8. The molecule has 0 amide bonds. The van der Waals surface area contributed by atoms with Crippen LogP contribution in [0.1, 0.15) is 29.7 Å². The van der Waals surface area contributed by atoms with Gasteiger partial charge >= 0.3 is 0 Å². The Morgan fingerprint density at radius 2 is 0.929 bits per heavy atom. The number of nitrogens with zero attached hydrogens (tertiary/aromatic N) is 1. The fourth-order valence-corrected chi connectivity index (χ4v) is 9.84. The molecule has 8 aromatic rings. The van der Waals surface area contributed by atoms with Gasteiger partial charge in [0, 0.05) is 26.6 Å². The van der Waals surface area contributed by atoms with Crippen molar-refractivity contribution in [1.82, 2.24) is 0 Å². The summed E-state index contributed by atoms with van der Waals surface area (Å²) in [5.74, 6) is 0. The lowest BCUT2D eigenvalue weighted by Crippen LogP contribution is -2.09. The van der Waals surface area contributed by atoms with Gasteiger partial charge in [-0.25, -0.2) is 0 Å². The van der Waals surface area contributed by atoms with Gasteiger partial charge in [-0.3, -0.25) is 0 Å². The highest BCUT2D eigenvalue weighted by Crippen LogP contribution is 2.46. The Hall–Kier alpha value is -6.48. The topological polar surface area (TPSA) is 3.24 Å². The molecule has 0 unspecified atom stereocenters. The average molecular weight is 736 g/mol. The molecule has 0 radical (unpaired) electrons. The summed E-state index contributed by atoms with van der Waals surface area (Å²) in [6.45, 7) is 0. The van der Waals surface area contributed by atoms with E-state index in [1.807, 2.05) is 11.3 Å². The molecule has 1 heterocycles. The minimum atomic E-state index is 1.12. The van der Waals surface area contributed by atoms with E-state index >= 15 is 0 Å². The summed E-state index contributed by atoms with van der Waals surface area (Å²) >= 11 is 1.99. The molecule has 0 bridgehead atoms. The van der Waals surface area contributed by atoms with Gasteiger partial charge in [0.2, 0.25) is 0 Å². The van der Waals surface area contributed by atoms with Crippen molar-refractivity contribution in [2.75, 3.05) is 4.90 Å². The second-order valence-corrected chi connectivity index (χ2v) is 15.7. The smallest absolute Gasteiger partial charge is 0.0462 e. The van der Waals surface area contributed by atoms with Crippen LogP contribution in [0.25, 0.3) is 60.2 Å². The third kappa shape index (κ3) is 6.53. The van der Waals surface area contributed by atoms with E-state index in [1.165, 1.54) is 76.2 Å². The number of thiophene rings is 1. The SMILES string of the molecule is C1=CCCC(C2=CCCc3c2sc2c(-c4ccc(-c5ccc(N(c6ccc(-c7ccccc7)cc6)c6ccc(-c7ccccc7)cc6)cc5)cc4)cccc32)=C1. The molecular formula is C54H41NS. The van der Waals surface area contributed by atoms with Crippen LogP contribution in [0, 0.1) is 0 Å². The third-order valence-electron chi connectivity index (χ3n) is 11.3. The van der Waals surface area contributed by atoms with Gasteiger partial charge in [0.25, 0.3) is 0 Å². The predicted octanol–water partition coefficient (Wildman–Crippen LogP) is 15.6. The molecule has 2 heteroatoms. The summed E-state index contributed by atoms with van der Waals surface area (Å²) in [7, 11) is 0. The maximum Gasteiger partial charge on any atom is 0.0462 e. The number of rotatable bonds is 8. The summed E-state index contributed by atoms with van der Waals surface area (Å²) < 4.78 is 1.41. The van der Waals surface area contributed by atoms with Gasteiger partial charge in [0.1, 0.15) is 0 Å². The van der Waals surface area contributed by atoms with Gasteiger partial charge in [-0.05, 0) is 129 Å². The average Bonchev–Trinajstić information content (AvgIpc) is 3.68. The van der Waals surface area contributed by atoms with E-state index in [9.17, 15) is 0 Å². The number of anilines is 3. The summed E-state index contributed by atoms with van der Waals surface area (Å²) in [4.78, 5) is 3.82. The predicted molar refractivity (Wildman–Crippen MR) is 241 cm³/mol. The number of fused-ring (bicyclic) bond motifs is 3. The van der Waals surface area contributed by atoms with Crippen LogP contribution in [-0.2, 0) is 6.42 Å². The van der Waals surface area contributed by atoms with Crippen LogP contribution >= 0.6 is 11.3 Å². The number of aryl methyl sites for hydroxylation is 1. The largest absolute Gasteiger partial charge is 0.311 e. The summed E-state index contributed by atoms with van der Waals surface area (Å²) in [5, 5.41) is 1.42. The molecule has 0 atom stereocenters. The zero-order valence-electron chi connectivity index (χ0n) is 31.2. The van der Waals surface area contributed by atoms with Crippen LogP contribution in [-0.4, -0.2) is 0 Å². The first kappa shape index (κ1) is 34.0. The van der Waals surface area contributed by atoms with E-state index in [0.717, 1.165) is 42.7 Å². The lowest BCUT2D eigenvalue weighted by molar-refractivity contribution is 0.965. The van der Waals surface area contributed by atoms with E-state index in [-0.39, 0.29) is 0 Å². The van der Waals surface area contributed by atoms with Crippen molar-refractivity contribution in [3.63, 3.8) is 0 Å². The molecule has 56 heavy (non-hydrogen) atoms. The standard InChI is InChI=1S/C54H41NS/c1-4-12-38(13-5-1)41-26-32-46(33-27-41)55(47-34-28-42(29-35-47)39-14-6-2-7-15-39)48-36-30-43(31-37-48)40-22-24-45(25-23-40)50-19-11-21-52-51-20-10-18-49(53(51)56-54(50)52)44-16-8-3-9-17-44/h1-8,11-16,18-19,21-37H,9-10,17,20H2.